The monoisotopic (exact) mass is 385 g/mol. The van der Waals surface area contributed by atoms with E-state index in [4.69, 9.17) is 0 Å². The van der Waals surface area contributed by atoms with Crippen LogP contribution in [-0.2, 0) is 14.4 Å². The molecule has 1 heterocycles. The third kappa shape index (κ3) is 3.51. The molecule has 2 aliphatic rings. The fourth-order valence-corrected chi connectivity index (χ4v) is 3.18. The number of anilines is 1. The lowest BCUT2D eigenvalue weighted by Crippen LogP contribution is -2.37. The fraction of sp³-hybridized carbons (Fsp3) is 0.353. The summed E-state index contributed by atoms with van der Waals surface area (Å²) in [5, 5.41) is 0. The molecule has 1 fully saturated rings. The van der Waals surface area contributed by atoms with Gasteiger partial charge in [-0.15, -0.1) is 0 Å². The molecule has 0 saturated carbocycles. The molecule has 0 aromatic heterocycles. The summed E-state index contributed by atoms with van der Waals surface area (Å²) in [6, 6.07) is 0.0383. The Morgan fingerprint density at radius 1 is 1.00 bits per heavy atom. The second kappa shape index (κ2) is 7.37. The number of allylic oxidation sites excluding steroid dienone is 2. The number of nitrogens with one attached hydrogen (secondary N) is 2. The van der Waals surface area contributed by atoms with E-state index in [1.807, 2.05) is 17.6 Å². The van der Waals surface area contributed by atoms with Crippen molar-refractivity contribution in [3.8, 4) is 0 Å². The number of imide groups is 1. The normalized spacial score (nSPS) is 21.4. The average molecular weight is 385 g/mol. The van der Waals surface area contributed by atoms with Gasteiger partial charge in [0.25, 0.3) is 0 Å². The van der Waals surface area contributed by atoms with Gasteiger partial charge in [-0.05, 0) is 12.8 Å². The van der Waals surface area contributed by atoms with E-state index in [1.54, 1.807) is 5.43 Å². The van der Waals surface area contributed by atoms with E-state index in [0.717, 1.165) is 4.90 Å². The van der Waals surface area contributed by atoms with E-state index < -0.39 is 46.7 Å². The lowest BCUT2D eigenvalue weighted by Gasteiger charge is -2.15. The molecule has 3 amide bonds. The van der Waals surface area contributed by atoms with Gasteiger partial charge in [-0.3, -0.25) is 30.1 Å². The lowest BCUT2D eigenvalue weighted by molar-refractivity contribution is -0.140. The minimum Gasteiger partial charge on any atom is -0.293 e. The molecule has 2 atom stereocenters. The topological polar surface area (TPSA) is 78.5 Å². The molecular formula is C17H15F4N3O3. The van der Waals surface area contributed by atoms with Gasteiger partial charge in [-0.2, -0.15) is 0 Å². The molecule has 1 aromatic carbocycles. The van der Waals surface area contributed by atoms with Gasteiger partial charge in [0.05, 0.1) is 11.8 Å². The van der Waals surface area contributed by atoms with Gasteiger partial charge in [-0.1, -0.05) is 12.2 Å². The number of likely N-dealkylation sites (tertiary alicyclic amines) is 1. The SMILES string of the molecule is O=C(CCN1C(=O)C2CC=CCC2C1=O)NNc1c(F)c(F)cc(F)c1F. The maximum Gasteiger partial charge on any atom is 0.240 e. The fourth-order valence-electron chi connectivity index (χ4n) is 3.18. The van der Waals surface area contributed by atoms with Crippen LogP contribution in [0.1, 0.15) is 19.3 Å². The van der Waals surface area contributed by atoms with Crippen molar-refractivity contribution in [2.24, 2.45) is 11.8 Å². The Bertz CT molecular complexity index is 791. The molecule has 0 bridgehead atoms. The number of nitrogens with zero attached hydrogens (tertiary/aromatic N) is 1. The van der Waals surface area contributed by atoms with Gasteiger partial charge in [0.1, 0.15) is 5.69 Å². The van der Waals surface area contributed by atoms with Crippen molar-refractivity contribution in [1.82, 2.24) is 10.3 Å². The molecule has 1 aromatic rings. The highest BCUT2D eigenvalue weighted by atomic mass is 19.2. The Morgan fingerprint density at radius 3 is 2.04 bits per heavy atom. The maximum atomic E-state index is 13.5. The highest BCUT2D eigenvalue weighted by Crippen LogP contribution is 2.35. The van der Waals surface area contributed by atoms with Gasteiger partial charge in [0.2, 0.25) is 17.7 Å². The molecule has 0 spiro atoms. The zero-order valence-electron chi connectivity index (χ0n) is 13.9. The standard InChI is InChI=1S/C17H15F4N3O3/c18-10-7-11(19)14(21)15(13(10)20)23-22-12(25)5-6-24-16(26)8-3-1-2-4-9(8)17(24)27/h1-2,7-9,23H,3-6H2,(H,22,25). The molecule has 27 heavy (non-hydrogen) atoms. The average Bonchev–Trinajstić information content (AvgIpc) is 2.89. The maximum absolute atomic E-state index is 13.5. The van der Waals surface area contributed by atoms with E-state index in [1.165, 1.54) is 0 Å². The number of carbonyl (C=O) groups is 3. The number of fused-ring (bicyclic) bond motifs is 1. The van der Waals surface area contributed by atoms with Gasteiger partial charge < -0.3 is 0 Å². The molecule has 0 radical (unpaired) electrons. The molecule has 1 saturated heterocycles. The van der Waals surface area contributed by atoms with Crippen LogP contribution in [0.2, 0.25) is 0 Å². The number of benzene rings is 1. The van der Waals surface area contributed by atoms with Gasteiger partial charge in [0.15, 0.2) is 23.3 Å². The minimum absolute atomic E-state index is 0.0383. The number of carbonyl (C=O) groups excluding carboxylic acids is 3. The molecule has 1 aliphatic carbocycles. The molecule has 10 heteroatoms. The number of hydrazine groups is 1. The van der Waals surface area contributed by atoms with Crippen LogP contribution in [0.25, 0.3) is 0 Å². The number of hydrogen-bond donors (Lipinski definition) is 2. The summed E-state index contributed by atoms with van der Waals surface area (Å²) in [7, 11) is 0. The first-order valence-corrected chi connectivity index (χ1v) is 8.19. The van der Waals surface area contributed by atoms with Crippen LogP contribution >= 0.6 is 0 Å². The number of halogens is 4. The highest BCUT2D eigenvalue weighted by molar-refractivity contribution is 6.05. The van der Waals surface area contributed by atoms with Gasteiger partial charge in [-0.25, -0.2) is 17.6 Å². The zero-order chi connectivity index (χ0) is 19.7. The molecular weight excluding hydrogens is 370 g/mol. The van der Waals surface area contributed by atoms with E-state index in [-0.39, 0.29) is 30.8 Å². The van der Waals surface area contributed by atoms with Crippen LogP contribution in [0.3, 0.4) is 0 Å². The van der Waals surface area contributed by atoms with Crippen molar-refractivity contribution >= 4 is 23.4 Å². The Kier molecular flexibility index (Phi) is 5.15. The zero-order valence-corrected chi connectivity index (χ0v) is 13.9. The predicted octanol–water partition coefficient (Wildman–Crippen LogP) is 2.03. The number of hydrogen-bond acceptors (Lipinski definition) is 4. The number of amides is 3. The summed E-state index contributed by atoms with van der Waals surface area (Å²) in [6.07, 6.45) is 4.23. The quantitative estimate of drug-likeness (QED) is 0.267. The van der Waals surface area contributed by atoms with Crippen LogP contribution in [0.4, 0.5) is 23.2 Å². The second-order valence-electron chi connectivity index (χ2n) is 6.25. The van der Waals surface area contributed by atoms with Crippen molar-refractivity contribution in [1.29, 1.82) is 0 Å². The first-order valence-electron chi connectivity index (χ1n) is 8.19. The summed E-state index contributed by atoms with van der Waals surface area (Å²) in [5.74, 6) is -9.06. The molecule has 2 N–H and O–H groups in total. The van der Waals surface area contributed by atoms with Crippen molar-refractivity contribution in [3.63, 3.8) is 0 Å². The summed E-state index contributed by atoms with van der Waals surface area (Å²) in [6.45, 7) is -0.208. The van der Waals surface area contributed by atoms with E-state index in [2.05, 4.69) is 0 Å². The van der Waals surface area contributed by atoms with Crippen LogP contribution in [0, 0.1) is 35.1 Å². The first-order chi connectivity index (χ1) is 12.8. The van der Waals surface area contributed by atoms with Gasteiger partial charge in [0, 0.05) is 19.0 Å². The Labute approximate surface area is 151 Å². The third-order valence-electron chi connectivity index (χ3n) is 4.60. The van der Waals surface area contributed by atoms with Crippen molar-refractivity contribution in [3.05, 3.63) is 41.5 Å². The van der Waals surface area contributed by atoms with Crippen LogP contribution < -0.4 is 10.9 Å². The van der Waals surface area contributed by atoms with Crippen molar-refractivity contribution < 1.29 is 31.9 Å². The van der Waals surface area contributed by atoms with E-state index in [0.29, 0.717) is 12.8 Å². The summed E-state index contributed by atoms with van der Waals surface area (Å²) >= 11 is 0. The Hall–Kier alpha value is -2.91. The largest absolute Gasteiger partial charge is 0.293 e. The summed E-state index contributed by atoms with van der Waals surface area (Å²) < 4.78 is 53.2. The predicted molar refractivity (Wildman–Crippen MR) is 84.7 cm³/mol. The van der Waals surface area contributed by atoms with Crippen molar-refractivity contribution in [2.45, 2.75) is 19.3 Å². The second-order valence-corrected chi connectivity index (χ2v) is 6.25. The number of rotatable bonds is 5. The van der Waals surface area contributed by atoms with E-state index >= 15 is 0 Å². The minimum atomic E-state index is -1.70. The van der Waals surface area contributed by atoms with Crippen LogP contribution in [0.5, 0.6) is 0 Å². The van der Waals surface area contributed by atoms with Gasteiger partial charge >= 0.3 is 0 Å². The molecule has 1 aliphatic heterocycles. The Morgan fingerprint density at radius 2 is 1.52 bits per heavy atom. The highest BCUT2D eigenvalue weighted by Gasteiger charge is 2.46. The molecule has 144 valence electrons. The van der Waals surface area contributed by atoms with Crippen LogP contribution in [-0.4, -0.2) is 29.2 Å². The lowest BCUT2D eigenvalue weighted by atomic mass is 9.85. The van der Waals surface area contributed by atoms with Crippen LogP contribution in [0.15, 0.2) is 18.2 Å². The molecule has 3 rings (SSSR count). The molecule has 2 unspecified atom stereocenters. The summed E-state index contributed by atoms with van der Waals surface area (Å²) in [5.41, 5.74) is 2.48. The van der Waals surface area contributed by atoms with E-state index in [9.17, 15) is 31.9 Å². The summed E-state index contributed by atoms with van der Waals surface area (Å²) in [4.78, 5) is 37.3. The molecule has 6 nitrogen and oxygen atoms in total. The smallest absolute Gasteiger partial charge is 0.240 e. The third-order valence-corrected chi connectivity index (χ3v) is 4.60. The van der Waals surface area contributed by atoms with Crippen molar-refractivity contribution in [2.75, 3.05) is 12.0 Å². The Balaban J connectivity index is 1.57. The first kappa shape index (κ1) is 18.9.